The summed E-state index contributed by atoms with van der Waals surface area (Å²) in [5.74, 6) is 0.156. The number of rotatable bonds is 2. The van der Waals surface area contributed by atoms with Gasteiger partial charge in [-0.2, -0.15) is 0 Å². The van der Waals surface area contributed by atoms with Crippen molar-refractivity contribution in [2.24, 2.45) is 4.99 Å². The predicted molar refractivity (Wildman–Crippen MR) is 78.4 cm³/mol. The lowest BCUT2D eigenvalue weighted by atomic mass is 10.1. The second kappa shape index (κ2) is 4.61. The maximum absolute atomic E-state index is 9.99. The van der Waals surface area contributed by atoms with E-state index in [4.69, 9.17) is 0 Å². The number of aromatic nitrogens is 1. The van der Waals surface area contributed by atoms with Gasteiger partial charge in [-0.3, -0.25) is 4.99 Å². The Hall–Kier alpha value is -2.55. The highest BCUT2D eigenvalue weighted by molar-refractivity contribution is 6.04. The van der Waals surface area contributed by atoms with Gasteiger partial charge in [0.1, 0.15) is 0 Å². The van der Waals surface area contributed by atoms with Gasteiger partial charge in [-0.15, -0.1) is 0 Å². The van der Waals surface area contributed by atoms with Gasteiger partial charge in [-0.25, -0.2) is 0 Å². The average Bonchev–Trinajstić information content (AvgIpc) is 2.75. The molecule has 0 bridgehead atoms. The minimum absolute atomic E-state index is 0.156. The van der Waals surface area contributed by atoms with Crippen molar-refractivity contribution in [3.8, 4) is 5.88 Å². The van der Waals surface area contributed by atoms with Crippen LogP contribution in [0.3, 0.4) is 0 Å². The number of benzene rings is 2. The third-order valence-corrected chi connectivity index (χ3v) is 3.15. The van der Waals surface area contributed by atoms with E-state index in [0.717, 1.165) is 27.7 Å². The maximum atomic E-state index is 9.99. The first-order valence-corrected chi connectivity index (χ1v) is 6.15. The Morgan fingerprint density at radius 2 is 1.84 bits per heavy atom. The van der Waals surface area contributed by atoms with Gasteiger partial charge >= 0.3 is 0 Å². The number of hydrogen-bond donors (Lipinski definition) is 2. The lowest BCUT2D eigenvalue weighted by Crippen LogP contribution is -1.81. The largest absolute Gasteiger partial charge is 0.494 e. The van der Waals surface area contributed by atoms with Gasteiger partial charge in [0.05, 0.1) is 11.3 Å². The molecule has 19 heavy (non-hydrogen) atoms. The number of para-hydroxylation sites is 1. The van der Waals surface area contributed by atoms with E-state index in [2.05, 4.69) is 9.98 Å². The standard InChI is InChI=1S/C16H14N2O/c1-11-6-5-9-14-15(11)13(16(19)18-14)10-17-12-7-3-2-4-8-12/h2-10,18-19H,1H3. The van der Waals surface area contributed by atoms with Gasteiger partial charge in [-0.1, -0.05) is 30.3 Å². The summed E-state index contributed by atoms with van der Waals surface area (Å²) in [6.07, 6.45) is 1.70. The molecule has 0 amide bonds. The van der Waals surface area contributed by atoms with E-state index in [0.29, 0.717) is 0 Å². The van der Waals surface area contributed by atoms with Crippen molar-refractivity contribution in [2.45, 2.75) is 6.92 Å². The predicted octanol–water partition coefficient (Wildman–Crippen LogP) is 3.93. The molecular formula is C16H14N2O. The van der Waals surface area contributed by atoms with Crippen LogP contribution in [-0.4, -0.2) is 16.3 Å². The first-order valence-electron chi connectivity index (χ1n) is 6.15. The molecule has 3 aromatic rings. The molecule has 2 N–H and O–H groups in total. The summed E-state index contributed by atoms with van der Waals surface area (Å²) in [6.45, 7) is 2.02. The van der Waals surface area contributed by atoms with Crippen molar-refractivity contribution < 1.29 is 5.11 Å². The van der Waals surface area contributed by atoms with E-state index < -0.39 is 0 Å². The highest BCUT2D eigenvalue weighted by Crippen LogP contribution is 2.28. The second-order valence-electron chi connectivity index (χ2n) is 4.48. The number of nitrogens with one attached hydrogen (secondary N) is 1. The topological polar surface area (TPSA) is 48.4 Å². The highest BCUT2D eigenvalue weighted by atomic mass is 16.3. The van der Waals surface area contributed by atoms with Crippen molar-refractivity contribution in [1.82, 2.24) is 4.98 Å². The van der Waals surface area contributed by atoms with Gasteiger partial charge in [0.2, 0.25) is 0 Å². The van der Waals surface area contributed by atoms with Gasteiger partial charge in [0.15, 0.2) is 5.88 Å². The molecule has 3 nitrogen and oxygen atoms in total. The van der Waals surface area contributed by atoms with Crippen molar-refractivity contribution in [3.05, 3.63) is 59.7 Å². The van der Waals surface area contributed by atoms with Crippen LogP contribution >= 0.6 is 0 Å². The molecule has 0 radical (unpaired) electrons. The summed E-state index contributed by atoms with van der Waals surface area (Å²) in [5.41, 5.74) is 3.64. The van der Waals surface area contributed by atoms with Crippen LogP contribution in [0.25, 0.3) is 10.9 Å². The number of H-pyrrole nitrogens is 1. The molecule has 1 heterocycles. The summed E-state index contributed by atoms with van der Waals surface area (Å²) in [5, 5.41) is 11.0. The first-order chi connectivity index (χ1) is 9.25. The minimum atomic E-state index is 0.156. The van der Waals surface area contributed by atoms with Gasteiger partial charge in [0.25, 0.3) is 0 Å². The maximum Gasteiger partial charge on any atom is 0.198 e. The third-order valence-electron chi connectivity index (χ3n) is 3.15. The Morgan fingerprint density at radius 3 is 2.63 bits per heavy atom. The number of aliphatic imine (C=N–C) groups is 1. The van der Waals surface area contributed by atoms with Crippen molar-refractivity contribution in [2.75, 3.05) is 0 Å². The van der Waals surface area contributed by atoms with Crippen LogP contribution in [0, 0.1) is 6.92 Å². The van der Waals surface area contributed by atoms with Gasteiger partial charge in [-0.05, 0) is 30.7 Å². The van der Waals surface area contributed by atoms with E-state index in [9.17, 15) is 5.11 Å². The van der Waals surface area contributed by atoms with E-state index >= 15 is 0 Å². The Labute approximate surface area is 111 Å². The Morgan fingerprint density at radius 1 is 1.05 bits per heavy atom. The van der Waals surface area contributed by atoms with Gasteiger partial charge in [0, 0.05) is 17.1 Å². The number of nitrogens with zero attached hydrogens (tertiary/aromatic N) is 1. The van der Waals surface area contributed by atoms with Gasteiger partial charge < -0.3 is 10.1 Å². The third kappa shape index (κ3) is 2.10. The van der Waals surface area contributed by atoms with Crippen LogP contribution < -0.4 is 0 Å². The first kappa shape index (κ1) is 11.5. The molecule has 2 aromatic carbocycles. The van der Waals surface area contributed by atoms with Crippen molar-refractivity contribution in [3.63, 3.8) is 0 Å². The molecule has 0 aliphatic rings. The van der Waals surface area contributed by atoms with Crippen LogP contribution in [0.2, 0.25) is 0 Å². The van der Waals surface area contributed by atoms with E-state index in [1.165, 1.54) is 0 Å². The number of aromatic hydroxyl groups is 1. The Balaban J connectivity index is 2.11. The zero-order chi connectivity index (χ0) is 13.2. The summed E-state index contributed by atoms with van der Waals surface area (Å²) in [6, 6.07) is 15.6. The second-order valence-corrected chi connectivity index (χ2v) is 4.48. The molecule has 1 aromatic heterocycles. The molecule has 3 heteroatoms. The molecule has 94 valence electrons. The van der Waals surface area contributed by atoms with E-state index in [1.807, 2.05) is 55.5 Å². The molecule has 0 saturated carbocycles. The molecular weight excluding hydrogens is 236 g/mol. The molecule has 0 spiro atoms. The Bertz CT molecular complexity index is 742. The zero-order valence-electron chi connectivity index (χ0n) is 10.6. The van der Waals surface area contributed by atoms with Crippen LogP contribution in [0.1, 0.15) is 11.1 Å². The monoisotopic (exact) mass is 250 g/mol. The molecule has 0 fully saturated rings. The summed E-state index contributed by atoms with van der Waals surface area (Å²) < 4.78 is 0. The van der Waals surface area contributed by atoms with Crippen LogP contribution in [0.4, 0.5) is 5.69 Å². The van der Waals surface area contributed by atoms with Crippen LogP contribution in [0.15, 0.2) is 53.5 Å². The SMILES string of the molecule is Cc1cccc2[nH]c(O)c(C=Nc3ccccc3)c12. The lowest BCUT2D eigenvalue weighted by molar-refractivity contribution is 0.457. The van der Waals surface area contributed by atoms with Crippen LogP contribution in [0.5, 0.6) is 5.88 Å². The molecule has 3 rings (SSSR count). The fourth-order valence-electron chi connectivity index (χ4n) is 2.22. The average molecular weight is 250 g/mol. The molecule has 0 atom stereocenters. The summed E-state index contributed by atoms with van der Waals surface area (Å²) >= 11 is 0. The quantitative estimate of drug-likeness (QED) is 0.665. The fourth-order valence-corrected chi connectivity index (χ4v) is 2.22. The fraction of sp³-hybridized carbons (Fsp3) is 0.0625. The molecule has 0 aliphatic heterocycles. The van der Waals surface area contributed by atoms with E-state index in [-0.39, 0.29) is 5.88 Å². The van der Waals surface area contributed by atoms with Crippen molar-refractivity contribution in [1.29, 1.82) is 0 Å². The highest BCUT2D eigenvalue weighted by Gasteiger charge is 2.10. The zero-order valence-corrected chi connectivity index (χ0v) is 10.6. The molecule has 0 aliphatic carbocycles. The summed E-state index contributed by atoms with van der Waals surface area (Å²) in [7, 11) is 0. The summed E-state index contributed by atoms with van der Waals surface area (Å²) in [4.78, 5) is 7.36. The number of aromatic amines is 1. The molecule has 0 saturated heterocycles. The number of fused-ring (bicyclic) bond motifs is 1. The normalized spacial score (nSPS) is 11.4. The number of hydrogen-bond acceptors (Lipinski definition) is 2. The minimum Gasteiger partial charge on any atom is -0.494 e. The van der Waals surface area contributed by atoms with Crippen molar-refractivity contribution >= 4 is 22.8 Å². The molecule has 0 unspecified atom stereocenters. The van der Waals surface area contributed by atoms with E-state index in [1.54, 1.807) is 6.21 Å². The smallest absolute Gasteiger partial charge is 0.198 e. The number of aryl methyl sites for hydroxylation is 1. The van der Waals surface area contributed by atoms with Crippen LogP contribution in [-0.2, 0) is 0 Å². The lowest BCUT2D eigenvalue weighted by Gasteiger charge is -1.97. The Kier molecular flexibility index (Phi) is 2.80.